The van der Waals surface area contributed by atoms with Gasteiger partial charge >= 0.3 is 0 Å². The number of nitrogens with one attached hydrogen (secondary N) is 1. The fraction of sp³-hybridized carbons (Fsp3) is 0.444. The van der Waals surface area contributed by atoms with E-state index < -0.39 is 0 Å². The third-order valence-corrected chi connectivity index (χ3v) is 3.26. The average Bonchev–Trinajstić information content (AvgIpc) is 2.86. The summed E-state index contributed by atoms with van der Waals surface area (Å²) in [5.41, 5.74) is 1.73. The molecule has 1 amide bonds. The van der Waals surface area contributed by atoms with Gasteiger partial charge in [-0.2, -0.15) is 0 Å². The molecular weight excluding hydrogens is 308 g/mol. The van der Waals surface area contributed by atoms with Crippen molar-refractivity contribution in [3.8, 4) is 5.75 Å². The quantitative estimate of drug-likeness (QED) is 0.842. The number of nitrogens with zero attached hydrogens (tertiary/aromatic N) is 1. The summed E-state index contributed by atoms with van der Waals surface area (Å²) in [4.78, 5) is 25.8. The van der Waals surface area contributed by atoms with E-state index in [-0.39, 0.29) is 17.3 Å². The highest BCUT2D eigenvalue weighted by molar-refractivity contribution is 5.85. The van der Waals surface area contributed by atoms with Gasteiger partial charge in [0.05, 0.1) is 0 Å². The number of carbonyl (C=O) groups excluding carboxylic acids is 2. The number of benzene rings is 1. The third kappa shape index (κ3) is 6.32. The zero-order chi connectivity index (χ0) is 18.3. The van der Waals surface area contributed by atoms with Crippen LogP contribution in [-0.2, 0) is 20.7 Å². The fourth-order valence-electron chi connectivity index (χ4n) is 1.98. The molecule has 0 aliphatic heterocycles. The summed E-state index contributed by atoms with van der Waals surface area (Å²) >= 11 is 0. The van der Waals surface area contributed by atoms with Gasteiger partial charge in [0.25, 0.3) is 6.47 Å². The second-order valence-corrected chi connectivity index (χ2v) is 6.66. The first kappa shape index (κ1) is 19.5. The molecule has 0 saturated carbocycles. The van der Waals surface area contributed by atoms with Gasteiger partial charge < -0.3 is 19.7 Å². The number of H-pyrrole nitrogens is 1. The second-order valence-electron chi connectivity index (χ2n) is 6.66. The zero-order valence-corrected chi connectivity index (χ0v) is 14.9. The number of aromatic hydroxyl groups is 1. The molecule has 0 atom stereocenters. The Labute approximate surface area is 142 Å². The van der Waals surface area contributed by atoms with Gasteiger partial charge in [-0.1, -0.05) is 0 Å². The maximum atomic E-state index is 11.5. The van der Waals surface area contributed by atoms with Crippen molar-refractivity contribution in [1.29, 1.82) is 0 Å². The van der Waals surface area contributed by atoms with E-state index in [1.165, 1.54) is 0 Å². The summed E-state index contributed by atoms with van der Waals surface area (Å²) in [5, 5.41) is 10.4. The Bertz CT molecular complexity index is 684. The van der Waals surface area contributed by atoms with Crippen LogP contribution in [0, 0.1) is 0 Å². The molecule has 132 valence electrons. The molecule has 6 heteroatoms. The molecule has 0 radical (unpaired) electrons. The molecule has 0 aliphatic rings. The van der Waals surface area contributed by atoms with Crippen LogP contribution in [0.5, 0.6) is 5.75 Å². The summed E-state index contributed by atoms with van der Waals surface area (Å²) in [6.45, 7) is 5.92. The van der Waals surface area contributed by atoms with E-state index in [1.807, 2.05) is 33.0 Å². The highest BCUT2D eigenvalue weighted by Crippen LogP contribution is 2.23. The van der Waals surface area contributed by atoms with Gasteiger partial charge in [-0.3, -0.25) is 9.59 Å². The van der Waals surface area contributed by atoms with Crippen LogP contribution in [0.1, 0.15) is 32.8 Å². The number of aromatic amines is 1. The first-order valence-corrected chi connectivity index (χ1v) is 7.74. The van der Waals surface area contributed by atoms with E-state index >= 15 is 0 Å². The average molecular weight is 334 g/mol. The van der Waals surface area contributed by atoms with E-state index in [1.54, 1.807) is 31.1 Å². The van der Waals surface area contributed by atoms with E-state index in [2.05, 4.69) is 9.72 Å². The number of aromatic nitrogens is 1. The predicted molar refractivity (Wildman–Crippen MR) is 93.9 cm³/mol. The monoisotopic (exact) mass is 334 g/mol. The minimum Gasteiger partial charge on any atom is -0.508 e. The Morgan fingerprint density at radius 3 is 2.50 bits per heavy atom. The van der Waals surface area contributed by atoms with Crippen LogP contribution >= 0.6 is 0 Å². The highest BCUT2D eigenvalue weighted by Gasteiger charge is 2.09. The maximum Gasteiger partial charge on any atom is 0.293 e. The van der Waals surface area contributed by atoms with Crippen LogP contribution in [-0.4, -0.2) is 47.1 Å². The van der Waals surface area contributed by atoms with Gasteiger partial charge in [0.1, 0.15) is 11.4 Å². The summed E-state index contributed by atoms with van der Waals surface area (Å²) < 4.78 is 4.55. The lowest BCUT2D eigenvalue weighted by atomic mass is 10.1. The second kappa shape index (κ2) is 8.38. The number of carbonyl (C=O) groups is 2. The van der Waals surface area contributed by atoms with Crippen LogP contribution in [0.4, 0.5) is 0 Å². The minimum atomic E-state index is -0.318. The number of hydrogen-bond acceptors (Lipinski definition) is 4. The maximum absolute atomic E-state index is 11.5. The fourth-order valence-corrected chi connectivity index (χ4v) is 1.98. The van der Waals surface area contributed by atoms with Crippen molar-refractivity contribution in [3.63, 3.8) is 0 Å². The Balaban J connectivity index is 0.000000351. The molecule has 0 bridgehead atoms. The lowest BCUT2D eigenvalue weighted by Gasteiger charge is -2.14. The Morgan fingerprint density at radius 2 is 2.00 bits per heavy atom. The number of aryl methyl sites for hydroxylation is 1. The SMILES string of the molecule is CC(C)(C)OC=O.CN(C)C(=O)CCc1c[nH]c2ccc(O)cc12. The lowest BCUT2D eigenvalue weighted by Crippen LogP contribution is -2.21. The molecule has 1 heterocycles. The normalized spacial score (nSPS) is 10.7. The molecule has 2 aromatic rings. The summed E-state index contributed by atoms with van der Waals surface area (Å²) in [7, 11) is 3.51. The first-order chi connectivity index (χ1) is 11.1. The molecule has 0 spiro atoms. The van der Waals surface area contributed by atoms with Crippen molar-refractivity contribution in [2.75, 3.05) is 14.1 Å². The van der Waals surface area contributed by atoms with Crippen LogP contribution < -0.4 is 0 Å². The van der Waals surface area contributed by atoms with E-state index in [0.717, 1.165) is 16.5 Å². The van der Waals surface area contributed by atoms with Crippen LogP contribution in [0.3, 0.4) is 0 Å². The number of fused-ring (bicyclic) bond motifs is 1. The topological polar surface area (TPSA) is 82.6 Å². The summed E-state index contributed by atoms with van der Waals surface area (Å²) in [6, 6.07) is 5.21. The van der Waals surface area contributed by atoms with Crippen molar-refractivity contribution in [2.24, 2.45) is 0 Å². The van der Waals surface area contributed by atoms with Gasteiger partial charge in [-0.25, -0.2) is 0 Å². The largest absolute Gasteiger partial charge is 0.508 e. The van der Waals surface area contributed by atoms with Crippen LogP contribution in [0.15, 0.2) is 24.4 Å². The number of amides is 1. The molecule has 2 N–H and O–H groups in total. The lowest BCUT2D eigenvalue weighted by molar-refractivity contribution is -0.138. The summed E-state index contributed by atoms with van der Waals surface area (Å²) in [6.07, 6.45) is 3.06. The van der Waals surface area contributed by atoms with Gasteiger partial charge in [0.2, 0.25) is 5.91 Å². The number of hydrogen-bond donors (Lipinski definition) is 2. The zero-order valence-electron chi connectivity index (χ0n) is 14.9. The molecule has 1 aromatic carbocycles. The number of phenolic OH excluding ortho intramolecular Hbond substituents is 1. The Morgan fingerprint density at radius 1 is 1.33 bits per heavy atom. The van der Waals surface area contributed by atoms with Crippen molar-refractivity contribution < 1.29 is 19.4 Å². The number of ether oxygens (including phenoxy) is 1. The van der Waals surface area contributed by atoms with Crippen molar-refractivity contribution in [1.82, 2.24) is 9.88 Å². The van der Waals surface area contributed by atoms with Gasteiger partial charge in [-0.05, 0) is 51.0 Å². The summed E-state index contributed by atoms with van der Waals surface area (Å²) in [5.74, 6) is 0.358. The van der Waals surface area contributed by atoms with Gasteiger partial charge in [0.15, 0.2) is 0 Å². The minimum absolute atomic E-state index is 0.111. The predicted octanol–water partition coefficient (Wildman–Crippen LogP) is 2.85. The molecule has 1 aromatic heterocycles. The smallest absolute Gasteiger partial charge is 0.293 e. The standard InChI is InChI=1S/C13H16N2O2.C5H10O2/c1-15(2)13(17)6-3-9-8-14-12-5-4-10(16)7-11(9)12;1-5(2,3)7-4-6/h4-5,7-8,14,16H,3,6H2,1-2H3;4H,1-3H3. The van der Waals surface area contributed by atoms with Crippen LogP contribution in [0.25, 0.3) is 10.9 Å². The molecule has 0 fully saturated rings. The number of rotatable bonds is 4. The van der Waals surface area contributed by atoms with E-state index in [4.69, 9.17) is 0 Å². The van der Waals surface area contributed by atoms with Crippen molar-refractivity contribution in [3.05, 3.63) is 30.0 Å². The highest BCUT2D eigenvalue weighted by atomic mass is 16.5. The van der Waals surface area contributed by atoms with Crippen LogP contribution in [0.2, 0.25) is 0 Å². The first-order valence-electron chi connectivity index (χ1n) is 7.74. The third-order valence-electron chi connectivity index (χ3n) is 3.26. The molecule has 0 aliphatic carbocycles. The van der Waals surface area contributed by atoms with Gasteiger partial charge in [0, 0.05) is 37.6 Å². The Kier molecular flexibility index (Phi) is 6.82. The van der Waals surface area contributed by atoms with E-state index in [0.29, 0.717) is 19.3 Å². The Hall–Kier alpha value is -2.50. The molecule has 0 saturated heterocycles. The number of phenols is 1. The molecule has 6 nitrogen and oxygen atoms in total. The van der Waals surface area contributed by atoms with Crippen molar-refractivity contribution in [2.45, 2.75) is 39.2 Å². The van der Waals surface area contributed by atoms with Crippen molar-refractivity contribution >= 4 is 23.3 Å². The molecule has 2 rings (SSSR count). The molecular formula is C18H26N2O4. The van der Waals surface area contributed by atoms with Gasteiger partial charge in [-0.15, -0.1) is 0 Å². The molecule has 0 unspecified atom stereocenters. The molecule has 24 heavy (non-hydrogen) atoms. The van der Waals surface area contributed by atoms with E-state index in [9.17, 15) is 14.7 Å².